The molecular formula is C20H30N2O. The number of anilines is 2. The average molecular weight is 314 g/mol. The van der Waals surface area contributed by atoms with Crippen molar-refractivity contribution >= 4 is 17.3 Å². The van der Waals surface area contributed by atoms with Crippen LogP contribution in [0.25, 0.3) is 0 Å². The zero-order valence-corrected chi connectivity index (χ0v) is 14.7. The summed E-state index contributed by atoms with van der Waals surface area (Å²) >= 11 is 0. The lowest BCUT2D eigenvalue weighted by Gasteiger charge is -2.35. The SMILES string of the molecule is CCCCCCCN1C(=O)C(C)Nc2cc3c(cc21)CCCC3. The Morgan fingerprint density at radius 3 is 2.52 bits per heavy atom. The molecule has 0 aromatic heterocycles. The molecule has 1 unspecified atom stereocenters. The molecule has 1 aliphatic carbocycles. The van der Waals surface area contributed by atoms with Crippen LogP contribution < -0.4 is 10.2 Å². The van der Waals surface area contributed by atoms with Gasteiger partial charge in [0.15, 0.2) is 0 Å². The zero-order valence-electron chi connectivity index (χ0n) is 14.7. The Hall–Kier alpha value is -1.51. The van der Waals surface area contributed by atoms with Crippen molar-refractivity contribution in [1.82, 2.24) is 0 Å². The van der Waals surface area contributed by atoms with Gasteiger partial charge in [-0.3, -0.25) is 4.79 Å². The molecule has 2 aliphatic rings. The Morgan fingerprint density at radius 1 is 1.09 bits per heavy atom. The Balaban J connectivity index is 1.78. The summed E-state index contributed by atoms with van der Waals surface area (Å²) in [5.74, 6) is 0.226. The zero-order chi connectivity index (χ0) is 16.2. The van der Waals surface area contributed by atoms with Crippen molar-refractivity contribution in [2.45, 2.75) is 77.7 Å². The van der Waals surface area contributed by atoms with Crippen LogP contribution in [0.1, 0.15) is 69.9 Å². The molecule has 1 aromatic rings. The van der Waals surface area contributed by atoms with E-state index in [2.05, 4.69) is 24.4 Å². The maximum absolute atomic E-state index is 12.6. The molecule has 0 spiro atoms. The third kappa shape index (κ3) is 3.54. The average Bonchev–Trinajstić information content (AvgIpc) is 2.56. The van der Waals surface area contributed by atoms with E-state index in [4.69, 9.17) is 0 Å². The monoisotopic (exact) mass is 314 g/mol. The molecule has 0 radical (unpaired) electrons. The van der Waals surface area contributed by atoms with Crippen LogP contribution in [-0.4, -0.2) is 18.5 Å². The van der Waals surface area contributed by atoms with Crippen LogP contribution in [0.2, 0.25) is 0 Å². The highest BCUT2D eigenvalue weighted by Gasteiger charge is 2.30. The molecule has 3 nitrogen and oxygen atoms in total. The second-order valence-electron chi connectivity index (χ2n) is 7.12. The van der Waals surface area contributed by atoms with Gasteiger partial charge in [-0.05, 0) is 62.3 Å². The largest absolute Gasteiger partial charge is 0.372 e. The van der Waals surface area contributed by atoms with Crippen LogP contribution in [0.3, 0.4) is 0 Å². The molecule has 1 amide bonds. The second kappa shape index (κ2) is 7.37. The first-order chi connectivity index (χ1) is 11.2. The molecule has 0 saturated carbocycles. The molecule has 1 aromatic carbocycles. The lowest BCUT2D eigenvalue weighted by molar-refractivity contribution is -0.119. The van der Waals surface area contributed by atoms with Gasteiger partial charge in [-0.1, -0.05) is 32.6 Å². The summed E-state index contributed by atoms with van der Waals surface area (Å²) in [7, 11) is 0. The summed E-state index contributed by atoms with van der Waals surface area (Å²) in [6.07, 6.45) is 11.1. The normalized spacial score (nSPS) is 20.0. The number of carbonyl (C=O) groups is 1. The van der Waals surface area contributed by atoms with Crippen molar-refractivity contribution in [3.8, 4) is 0 Å². The maximum Gasteiger partial charge on any atom is 0.249 e. The molecule has 1 heterocycles. The van der Waals surface area contributed by atoms with E-state index >= 15 is 0 Å². The van der Waals surface area contributed by atoms with Gasteiger partial charge >= 0.3 is 0 Å². The highest BCUT2D eigenvalue weighted by atomic mass is 16.2. The molecule has 0 fully saturated rings. The minimum absolute atomic E-state index is 0.111. The Bertz CT molecular complexity index is 567. The first-order valence-corrected chi connectivity index (χ1v) is 9.44. The lowest BCUT2D eigenvalue weighted by atomic mass is 9.89. The van der Waals surface area contributed by atoms with E-state index < -0.39 is 0 Å². The van der Waals surface area contributed by atoms with Crippen LogP contribution in [0, 0.1) is 0 Å². The van der Waals surface area contributed by atoms with E-state index in [1.54, 1.807) is 0 Å². The van der Waals surface area contributed by atoms with Gasteiger partial charge in [0.25, 0.3) is 0 Å². The van der Waals surface area contributed by atoms with Crippen LogP contribution in [0.15, 0.2) is 12.1 Å². The number of unbranched alkanes of at least 4 members (excludes halogenated alkanes) is 4. The predicted molar refractivity (Wildman–Crippen MR) is 97.3 cm³/mol. The number of nitrogens with zero attached hydrogens (tertiary/aromatic N) is 1. The van der Waals surface area contributed by atoms with Gasteiger partial charge < -0.3 is 10.2 Å². The predicted octanol–water partition coefficient (Wildman–Crippen LogP) is 4.68. The molecule has 1 N–H and O–H groups in total. The summed E-state index contributed by atoms with van der Waals surface area (Å²) < 4.78 is 0. The van der Waals surface area contributed by atoms with Crippen LogP contribution in [-0.2, 0) is 17.6 Å². The van der Waals surface area contributed by atoms with E-state index in [9.17, 15) is 4.79 Å². The van der Waals surface area contributed by atoms with Gasteiger partial charge in [-0.15, -0.1) is 0 Å². The summed E-state index contributed by atoms with van der Waals surface area (Å²) in [5, 5.41) is 3.41. The van der Waals surface area contributed by atoms with Crippen molar-refractivity contribution < 1.29 is 4.79 Å². The molecule has 23 heavy (non-hydrogen) atoms. The number of carbonyl (C=O) groups excluding carboxylic acids is 1. The fourth-order valence-corrected chi connectivity index (χ4v) is 3.86. The first kappa shape index (κ1) is 16.4. The molecule has 0 bridgehead atoms. The molecule has 3 rings (SSSR count). The number of benzene rings is 1. The highest BCUT2D eigenvalue weighted by Crippen LogP contribution is 2.37. The molecular weight excluding hydrogens is 284 g/mol. The van der Waals surface area contributed by atoms with E-state index in [0.29, 0.717) is 0 Å². The second-order valence-corrected chi connectivity index (χ2v) is 7.12. The summed E-state index contributed by atoms with van der Waals surface area (Å²) in [5.41, 5.74) is 5.21. The van der Waals surface area contributed by atoms with Gasteiger partial charge in [0.05, 0.1) is 11.4 Å². The number of amides is 1. The first-order valence-electron chi connectivity index (χ1n) is 9.44. The van der Waals surface area contributed by atoms with Crippen LogP contribution in [0.5, 0.6) is 0 Å². The minimum atomic E-state index is -0.111. The fourth-order valence-electron chi connectivity index (χ4n) is 3.86. The molecule has 3 heteroatoms. The van der Waals surface area contributed by atoms with Crippen molar-refractivity contribution in [2.24, 2.45) is 0 Å². The quantitative estimate of drug-likeness (QED) is 0.773. The van der Waals surface area contributed by atoms with Crippen molar-refractivity contribution in [1.29, 1.82) is 0 Å². The van der Waals surface area contributed by atoms with Gasteiger partial charge in [0.1, 0.15) is 6.04 Å². The Morgan fingerprint density at radius 2 is 1.78 bits per heavy atom. The number of rotatable bonds is 6. The summed E-state index contributed by atoms with van der Waals surface area (Å²) in [6, 6.07) is 4.48. The highest BCUT2D eigenvalue weighted by molar-refractivity contribution is 6.05. The third-order valence-electron chi connectivity index (χ3n) is 5.24. The fraction of sp³-hybridized carbons (Fsp3) is 0.650. The minimum Gasteiger partial charge on any atom is -0.372 e. The number of fused-ring (bicyclic) bond motifs is 2. The molecule has 126 valence electrons. The van der Waals surface area contributed by atoms with Gasteiger partial charge in [0.2, 0.25) is 5.91 Å². The van der Waals surface area contributed by atoms with Crippen LogP contribution >= 0.6 is 0 Å². The number of hydrogen-bond donors (Lipinski definition) is 1. The number of hydrogen-bond acceptors (Lipinski definition) is 2. The lowest BCUT2D eigenvalue weighted by Crippen LogP contribution is -2.46. The Kier molecular flexibility index (Phi) is 5.24. The third-order valence-corrected chi connectivity index (χ3v) is 5.24. The van der Waals surface area contributed by atoms with Gasteiger partial charge in [0, 0.05) is 6.54 Å². The van der Waals surface area contributed by atoms with E-state index in [-0.39, 0.29) is 11.9 Å². The molecule has 1 atom stereocenters. The summed E-state index contributed by atoms with van der Waals surface area (Å²) in [4.78, 5) is 14.7. The summed E-state index contributed by atoms with van der Waals surface area (Å²) in [6.45, 7) is 5.08. The maximum atomic E-state index is 12.6. The smallest absolute Gasteiger partial charge is 0.249 e. The molecule has 0 saturated heterocycles. The number of nitrogens with one attached hydrogen (secondary N) is 1. The number of aryl methyl sites for hydroxylation is 2. The Labute approximate surface area is 140 Å². The van der Waals surface area contributed by atoms with Gasteiger partial charge in [-0.2, -0.15) is 0 Å². The molecule has 1 aliphatic heterocycles. The topological polar surface area (TPSA) is 32.3 Å². The van der Waals surface area contributed by atoms with E-state index in [0.717, 1.165) is 30.8 Å². The van der Waals surface area contributed by atoms with Crippen LogP contribution in [0.4, 0.5) is 11.4 Å². The van der Waals surface area contributed by atoms with Crippen molar-refractivity contribution in [3.05, 3.63) is 23.3 Å². The standard InChI is InChI=1S/C20H30N2O/c1-3-4-5-6-9-12-22-19-14-17-11-8-7-10-16(17)13-18(19)21-15(2)20(22)23/h13-15,21H,3-12H2,1-2H3. The van der Waals surface area contributed by atoms with E-state index in [1.807, 2.05) is 11.8 Å². The van der Waals surface area contributed by atoms with Crippen molar-refractivity contribution in [2.75, 3.05) is 16.8 Å². The van der Waals surface area contributed by atoms with Crippen molar-refractivity contribution in [3.63, 3.8) is 0 Å². The van der Waals surface area contributed by atoms with Gasteiger partial charge in [-0.25, -0.2) is 0 Å². The van der Waals surface area contributed by atoms with E-state index in [1.165, 1.54) is 56.1 Å².